The topological polar surface area (TPSA) is 75.4 Å². The van der Waals surface area contributed by atoms with Gasteiger partial charge in [0.25, 0.3) is 0 Å². The zero-order valence-corrected chi connectivity index (χ0v) is 12.2. The van der Waals surface area contributed by atoms with E-state index in [9.17, 15) is 9.59 Å². The van der Waals surface area contributed by atoms with Crippen LogP contribution in [-0.2, 0) is 9.59 Å². The molecule has 1 rings (SSSR count). The molecule has 0 saturated carbocycles. The molecule has 0 aromatic carbocycles. The number of rotatable bonds is 6. The number of carbonyl (C=O) groups is 2. The smallest absolute Gasteiger partial charge is 0.244 e. The van der Waals surface area contributed by atoms with Gasteiger partial charge in [0.2, 0.25) is 11.8 Å². The Labute approximate surface area is 115 Å². The van der Waals surface area contributed by atoms with Gasteiger partial charge in [-0.1, -0.05) is 0 Å². The molecule has 3 N–H and O–H groups in total. The maximum atomic E-state index is 12.1. The van der Waals surface area contributed by atoms with E-state index in [4.69, 9.17) is 5.73 Å². The highest BCUT2D eigenvalue weighted by atomic mass is 16.2. The summed E-state index contributed by atoms with van der Waals surface area (Å²) in [5.41, 5.74) is 5.63. The van der Waals surface area contributed by atoms with E-state index in [2.05, 4.69) is 5.32 Å². The Kier molecular flexibility index (Phi) is 6.84. The molecule has 0 aromatic heterocycles. The molecule has 1 aliphatic rings. The van der Waals surface area contributed by atoms with Gasteiger partial charge in [0.15, 0.2) is 0 Å². The monoisotopic (exact) mass is 269 g/mol. The summed E-state index contributed by atoms with van der Waals surface area (Å²) in [7, 11) is 0. The minimum absolute atomic E-state index is 0.0419. The minimum atomic E-state index is -0.416. The third kappa shape index (κ3) is 6.05. The third-order valence-electron chi connectivity index (χ3n) is 3.48. The van der Waals surface area contributed by atoms with Gasteiger partial charge in [-0.05, 0) is 46.0 Å². The second kappa shape index (κ2) is 8.15. The van der Waals surface area contributed by atoms with E-state index >= 15 is 0 Å². The quantitative estimate of drug-likeness (QED) is 0.756. The molecule has 2 amide bonds. The van der Waals surface area contributed by atoms with Crippen molar-refractivity contribution in [2.24, 2.45) is 5.73 Å². The highest BCUT2D eigenvalue weighted by Gasteiger charge is 2.23. The lowest BCUT2D eigenvalue weighted by molar-refractivity contribution is -0.136. The molecule has 2 atom stereocenters. The van der Waals surface area contributed by atoms with Crippen molar-refractivity contribution in [3.05, 3.63) is 0 Å². The van der Waals surface area contributed by atoms with Crippen molar-refractivity contribution in [1.29, 1.82) is 0 Å². The fourth-order valence-electron chi connectivity index (χ4n) is 2.35. The summed E-state index contributed by atoms with van der Waals surface area (Å²) in [4.78, 5) is 25.7. The highest BCUT2D eigenvalue weighted by Crippen LogP contribution is 2.10. The normalized spacial score (nSPS) is 18.8. The van der Waals surface area contributed by atoms with Gasteiger partial charge in [0, 0.05) is 25.6 Å². The number of carbonyl (C=O) groups excluding carboxylic acids is 2. The zero-order chi connectivity index (χ0) is 14.3. The van der Waals surface area contributed by atoms with Crippen molar-refractivity contribution < 1.29 is 9.59 Å². The number of likely N-dealkylation sites (tertiary alicyclic amines) is 1. The number of nitrogens with one attached hydrogen (secondary N) is 1. The fraction of sp³-hybridized carbons (Fsp3) is 0.857. The van der Waals surface area contributed by atoms with Gasteiger partial charge in [-0.3, -0.25) is 9.59 Å². The number of hydrogen-bond donors (Lipinski definition) is 2. The van der Waals surface area contributed by atoms with Crippen molar-refractivity contribution in [3.8, 4) is 0 Å². The SMILES string of the molecule is CC(N)CCCC(=O)NC(C)C(=O)N1CCCCC1. The lowest BCUT2D eigenvalue weighted by Crippen LogP contribution is -2.48. The number of hydrogen-bond acceptors (Lipinski definition) is 3. The van der Waals surface area contributed by atoms with Crippen LogP contribution in [0.5, 0.6) is 0 Å². The lowest BCUT2D eigenvalue weighted by atomic mass is 10.1. The summed E-state index contributed by atoms with van der Waals surface area (Å²) >= 11 is 0. The van der Waals surface area contributed by atoms with E-state index in [0.717, 1.165) is 38.8 Å². The molecule has 0 radical (unpaired) electrons. The molecule has 0 spiro atoms. The number of nitrogens with two attached hydrogens (primary N) is 1. The minimum Gasteiger partial charge on any atom is -0.345 e. The van der Waals surface area contributed by atoms with Crippen LogP contribution in [0.15, 0.2) is 0 Å². The summed E-state index contributed by atoms with van der Waals surface area (Å²) in [5.74, 6) is -0.0150. The summed E-state index contributed by atoms with van der Waals surface area (Å²) in [6.45, 7) is 5.34. The lowest BCUT2D eigenvalue weighted by Gasteiger charge is -2.29. The molecule has 19 heavy (non-hydrogen) atoms. The van der Waals surface area contributed by atoms with Crippen LogP contribution in [0.25, 0.3) is 0 Å². The third-order valence-corrected chi connectivity index (χ3v) is 3.48. The fourth-order valence-corrected chi connectivity index (χ4v) is 2.35. The van der Waals surface area contributed by atoms with Gasteiger partial charge in [-0.15, -0.1) is 0 Å². The Morgan fingerprint density at radius 3 is 2.42 bits per heavy atom. The molecule has 0 aromatic rings. The predicted molar refractivity (Wildman–Crippen MR) is 75.5 cm³/mol. The molecule has 1 aliphatic heterocycles. The first kappa shape index (κ1) is 16.0. The number of amides is 2. The van der Waals surface area contributed by atoms with Gasteiger partial charge in [0.05, 0.1) is 0 Å². The Bertz CT molecular complexity index is 299. The maximum absolute atomic E-state index is 12.1. The van der Waals surface area contributed by atoms with Gasteiger partial charge >= 0.3 is 0 Å². The second-order valence-electron chi connectivity index (χ2n) is 5.54. The predicted octanol–water partition coefficient (Wildman–Crippen LogP) is 1.02. The van der Waals surface area contributed by atoms with E-state index in [1.807, 2.05) is 11.8 Å². The molecule has 110 valence electrons. The molecule has 2 unspecified atom stereocenters. The van der Waals surface area contributed by atoms with Crippen LogP contribution in [0, 0.1) is 0 Å². The van der Waals surface area contributed by atoms with Crippen LogP contribution in [0.1, 0.15) is 52.4 Å². The van der Waals surface area contributed by atoms with Crippen LogP contribution in [0.4, 0.5) is 0 Å². The molecule has 0 aliphatic carbocycles. The molecule has 0 bridgehead atoms. The zero-order valence-electron chi connectivity index (χ0n) is 12.2. The molecular weight excluding hydrogens is 242 g/mol. The van der Waals surface area contributed by atoms with Crippen molar-refractivity contribution in [2.45, 2.75) is 64.5 Å². The average Bonchev–Trinajstić information content (AvgIpc) is 2.38. The summed E-state index contributed by atoms with van der Waals surface area (Å²) in [6.07, 6.45) is 5.39. The van der Waals surface area contributed by atoms with Crippen LogP contribution in [0.3, 0.4) is 0 Å². The Morgan fingerprint density at radius 2 is 1.84 bits per heavy atom. The molecule has 5 nitrogen and oxygen atoms in total. The van der Waals surface area contributed by atoms with Crippen molar-refractivity contribution in [3.63, 3.8) is 0 Å². The van der Waals surface area contributed by atoms with Gasteiger partial charge < -0.3 is 16.0 Å². The molecular formula is C14H27N3O2. The van der Waals surface area contributed by atoms with Gasteiger partial charge in [-0.2, -0.15) is 0 Å². The van der Waals surface area contributed by atoms with E-state index < -0.39 is 6.04 Å². The first-order chi connectivity index (χ1) is 9.00. The van der Waals surface area contributed by atoms with E-state index in [-0.39, 0.29) is 17.9 Å². The van der Waals surface area contributed by atoms with Crippen LogP contribution in [-0.4, -0.2) is 41.9 Å². The van der Waals surface area contributed by atoms with E-state index in [0.29, 0.717) is 6.42 Å². The largest absolute Gasteiger partial charge is 0.345 e. The van der Waals surface area contributed by atoms with Crippen LogP contribution in [0.2, 0.25) is 0 Å². The average molecular weight is 269 g/mol. The van der Waals surface area contributed by atoms with Crippen LogP contribution < -0.4 is 11.1 Å². The van der Waals surface area contributed by atoms with Gasteiger partial charge in [0.1, 0.15) is 6.04 Å². The van der Waals surface area contributed by atoms with Crippen molar-refractivity contribution in [1.82, 2.24) is 10.2 Å². The molecule has 1 heterocycles. The summed E-state index contributed by atoms with van der Waals surface area (Å²) in [5, 5.41) is 2.78. The van der Waals surface area contributed by atoms with E-state index in [1.54, 1.807) is 6.92 Å². The Morgan fingerprint density at radius 1 is 1.21 bits per heavy atom. The summed E-state index contributed by atoms with van der Waals surface area (Å²) in [6, 6.07) is -0.291. The maximum Gasteiger partial charge on any atom is 0.244 e. The highest BCUT2D eigenvalue weighted by molar-refractivity contribution is 5.87. The van der Waals surface area contributed by atoms with Crippen LogP contribution >= 0.6 is 0 Å². The molecule has 5 heteroatoms. The van der Waals surface area contributed by atoms with Crippen molar-refractivity contribution >= 4 is 11.8 Å². The first-order valence-electron chi connectivity index (χ1n) is 7.34. The molecule has 1 saturated heterocycles. The summed E-state index contributed by atoms with van der Waals surface area (Å²) < 4.78 is 0. The van der Waals surface area contributed by atoms with Crippen molar-refractivity contribution in [2.75, 3.05) is 13.1 Å². The first-order valence-corrected chi connectivity index (χ1v) is 7.34. The molecule has 1 fully saturated rings. The number of piperidine rings is 1. The number of nitrogens with zero attached hydrogens (tertiary/aromatic N) is 1. The Balaban J connectivity index is 2.26. The standard InChI is InChI=1S/C14H27N3O2/c1-11(15)7-6-8-13(18)16-12(2)14(19)17-9-4-3-5-10-17/h11-12H,3-10,15H2,1-2H3,(H,16,18). The Hall–Kier alpha value is -1.10. The van der Waals surface area contributed by atoms with E-state index in [1.165, 1.54) is 6.42 Å². The van der Waals surface area contributed by atoms with Gasteiger partial charge in [-0.25, -0.2) is 0 Å². The second-order valence-corrected chi connectivity index (χ2v) is 5.54.